The largest absolute Gasteiger partial charge is 0.477 e. The fourth-order valence-electron chi connectivity index (χ4n) is 6.90. The zero-order valence-corrected chi connectivity index (χ0v) is 23.7. The maximum atomic E-state index is 13.6. The highest BCUT2D eigenvalue weighted by Gasteiger charge is 2.55. The van der Waals surface area contributed by atoms with Gasteiger partial charge in [0.15, 0.2) is 0 Å². The molecule has 2 fully saturated rings. The predicted octanol–water partition coefficient (Wildman–Crippen LogP) is 6.07. The Bertz CT molecular complexity index is 1490. The quantitative estimate of drug-likeness (QED) is 0.402. The number of benzene rings is 2. The van der Waals surface area contributed by atoms with Crippen LogP contribution in [0.1, 0.15) is 68.6 Å². The molecule has 0 radical (unpaired) electrons. The summed E-state index contributed by atoms with van der Waals surface area (Å²) in [5.41, 5.74) is 4.51. The van der Waals surface area contributed by atoms with E-state index in [1.807, 2.05) is 37.3 Å². The summed E-state index contributed by atoms with van der Waals surface area (Å²) in [5, 5.41) is 10.0. The number of anilines is 1. The number of hydrogen-bond donors (Lipinski definition) is 2. The number of nitrogens with one attached hydrogen (secondary N) is 1. The fourth-order valence-corrected chi connectivity index (χ4v) is 7.90. The molecule has 206 valence electrons. The molecule has 2 atom stereocenters. The molecular weight excluding hydrogens is 510 g/mol. The lowest BCUT2D eigenvalue weighted by atomic mass is 9.60. The van der Waals surface area contributed by atoms with Gasteiger partial charge in [-0.3, -0.25) is 0 Å². The lowest BCUT2D eigenvalue weighted by Gasteiger charge is -2.45. The minimum Gasteiger partial charge on any atom is -0.477 e. The zero-order chi connectivity index (χ0) is 27.4. The van der Waals surface area contributed by atoms with Crippen LogP contribution in [-0.4, -0.2) is 30.1 Å². The molecule has 3 aromatic rings. The van der Waals surface area contributed by atoms with Crippen molar-refractivity contribution in [3.8, 4) is 17.1 Å². The molecule has 2 saturated carbocycles. The second-order valence-electron chi connectivity index (χ2n) is 12.3. The normalized spacial score (nSPS) is 23.2. The van der Waals surface area contributed by atoms with Gasteiger partial charge in [0.2, 0.25) is 11.8 Å². The minimum atomic E-state index is -3.94. The van der Waals surface area contributed by atoms with E-state index in [1.165, 1.54) is 25.7 Å². The van der Waals surface area contributed by atoms with Crippen molar-refractivity contribution < 1.29 is 18.3 Å². The van der Waals surface area contributed by atoms with Crippen LogP contribution in [0, 0.1) is 30.1 Å². The molecule has 7 nitrogen and oxygen atoms in total. The molecule has 2 N–H and O–H groups in total. The lowest BCUT2D eigenvalue weighted by Crippen LogP contribution is -2.36. The van der Waals surface area contributed by atoms with E-state index in [1.54, 1.807) is 12.1 Å². The first-order valence-corrected chi connectivity index (χ1v) is 15.5. The first kappa shape index (κ1) is 26.3. The van der Waals surface area contributed by atoms with Gasteiger partial charge in [-0.25, -0.2) is 18.1 Å². The van der Waals surface area contributed by atoms with Gasteiger partial charge in [-0.15, -0.1) is 0 Å². The Balaban J connectivity index is 1.47. The summed E-state index contributed by atoms with van der Waals surface area (Å²) >= 11 is 0. The second kappa shape index (κ2) is 9.89. The van der Waals surface area contributed by atoms with E-state index in [4.69, 9.17) is 4.74 Å². The third-order valence-corrected chi connectivity index (χ3v) is 10.2. The van der Waals surface area contributed by atoms with E-state index in [0.717, 1.165) is 23.1 Å². The Labute approximate surface area is 231 Å². The number of fused-ring (bicyclic) bond motifs is 4. The highest BCUT2D eigenvalue weighted by molar-refractivity contribution is 7.92. The standard InChI is InChI=1S/C31H37N3O4S/c1-19(2)12-23-18-38-27-14-26(28-20(3)6-4-8-22(28)17-35)32-30(33-27)34-39(36,37)25-9-5-7-21(13-25)29(23)24-15-31(16-24)10-11-31/h4-9,13-14,19,23-24,29,35H,10-12,15-18H2,1-3H3,(H,32,33,34)/t23-,29?/m1/s1. The highest BCUT2D eigenvalue weighted by atomic mass is 32.2. The summed E-state index contributed by atoms with van der Waals surface area (Å²) in [4.78, 5) is 9.27. The number of sulfonamides is 1. The molecule has 0 amide bonds. The average molecular weight is 548 g/mol. The first-order chi connectivity index (χ1) is 18.7. The molecule has 1 unspecified atom stereocenters. The Morgan fingerprint density at radius 1 is 1.10 bits per heavy atom. The lowest BCUT2D eigenvalue weighted by molar-refractivity contribution is 0.0809. The highest BCUT2D eigenvalue weighted by Crippen LogP contribution is 2.67. The van der Waals surface area contributed by atoms with E-state index < -0.39 is 10.0 Å². The molecular formula is C31H37N3O4S. The van der Waals surface area contributed by atoms with Crippen LogP contribution in [0.2, 0.25) is 0 Å². The second-order valence-corrected chi connectivity index (χ2v) is 13.9. The van der Waals surface area contributed by atoms with Gasteiger partial charge in [0, 0.05) is 17.5 Å². The van der Waals surface area contributed by atoms with Crippen LogP contribution in [0.15, 0.2) is 53.4 Å². The van der Waals surface area contributed by atoms with Crippen molar-refractivity contribution in [3.63, 3.8) is 0 Å². The van der Waals surface area contributed by atoms with E-state index in [2.05, 4.69) is 34.6 Å². The Kier molecular flexibility index (Phi) is 6.66. The monoisotopic (exact) mass is 547 g/mol. The maximum Gasteiger partial charge on any atom is 0.264 e. The van der Waals surface area contributed by atoms with E-state index >= 15 is 0 Å². The molecule has 1 aromatic heterocycles. The number of nitrogens with zero attached hydrogens (tertiary/aromatic N) is 2. The fraction of sp³-hybridized carbons (Fsp3) is 0.484. The Morgan fingerprint density at radius 2 is 1.87 bits per heavy atom. The molecule has 2 aromatic carbocycles. The smallest absolute Gasteiger partial charge is 0.264 e. The number of aliphatic hydroxyl groups excluding tert-OH is 1. The van der Waals surface area contributed by atoms with E-state index in [-0.39, 0.29) is 29.3 Å². The van der Waals surface area contributed by atoms with Gasteiger partial charge in [0.25, 0.3) is 10.0 Å². The third-order valence-electron chi connectivity index (χ3n) is 8.85. The summed E-state index contributed by atoms with van der Waals surface area (Å²) in [6.07, 6.45) is 6.03. The van der Waals surface area contributed by atoms with Crippen molar-refractivity contribution in [1.29, 1.82) is 0 Å². The van der Waals surface area contributed by atoms with Crippen LogP contribution >= 0.6 is 0 Å². The number of rotatable bonds is 5. The molecule has 1 aliphatic heterocycles. The van der Waals surface area contributed by atoms with Crippen LogP contribution in [-0.2, 0) is 16.6 Å². The minimum absolute atomic E-state index is 0.0488. The van der Waals surface area contributed by atoms with E-state index in [9.17, 15) is 13.5 Å². The van der Waals surface area contributed by atoms with Gasteiger partial charge in [-0.05, 0) is 91.0 Å². The zero-order valence-electron chi connectivity index (χ0n) is 22.9. The first-order valence-electron chi connectivity index (χ1n) is 14.0. The maximum absolute atomic E-state index is 13.6. The van der Waals surface area contributed by atoms with Crippen LogP contribution < -0.4 is 9.46 Å². The predicted molar refractivity (Wildman–Crippen MR) is 151 cm³/mol. The summed E-state index contributed by atoms with van der Waals surface area (Å²) in [6.45, 7) is 6.73. The van der Waals surface area contributed by atoms with Crippen LogP contribution in [0.3, 0.4) is 0 Å². The Hall–Kier alpha value is -2.97. The number of aromatic nitrogens is 2. The SMILES string of the molecule is Cc1cccc(CO)c1-c1cc2nc(n1)NS(=O)(=O)c1cccc(c1)C(C1CC3(CC3)C1)[C@H](CC(C)C)CO2. The van der Waals surface area contributed by atoms with Crippen LogP contribution in [0.25, 0.3) is 11.3 Å². The third kappa shape index (κ3) is 5.16. The number of aliphatic hydroxyl groups is 1. The van der Waals surface area contributed by atoms with Crippen LogP contribution in [0.4, 0.5) is 5.95 Å². The molecule has 1 spiro atoms. The Morgan fingerprint density at radius 3 is 2.59 bits per heavy atom. The molecule has 2 heterocycles. The van der Waals surface area contributed by atoms with Crippen molar-refractivity contribution in [1.82, 2.24) is 9.97 Å². The average Bonchev–Trinajstić information content (AvgIpc) is 3.67. The molecule has 39 heavy (non-hydrogen) atoms. The molecule has 0 saturated heterocycles. The topological polar surface area (TPSA) is 101 Å². The van der Waals surface area contributed by atoms with Crippen molar-refractivity contribution in [2.24, 2.45) is 23.2 Å². The summed E-state index contributed by atoms with van der Waals surface area (Å²) in [7, 11) is -3.94. The summed E-state index contributed by atoms with van der Waals surface area (Å²) < 4.78 is 36.2. The van der Waals surface area contributed by atoms with Crippen molar-refractivity contribution in [2.75, 3.05) is 11.3 Å². The van der Waals surface area contributed by atoms with Gasteiger partial charge >= 0.3 is 0 Å². The summed E-state index contributed by atoms with van der Waals surface area (Å²) in [6, 6.07) is 14.8. The van der Waals surface area contributed by atoms with Gasteiger partial charge in [0.05, 0.1) is 23.8 Å². The van der Waals surface area contributed by atoms with Gasteiger partial charge in [0.1, 0.15) is 0 Å². The van der Waals surface area contributed by atoms with Crippen LogP contribution in [0.5, 0.6) is 5.88 Å². The number of aryl methyl sites for hydroxylation is 1. The van der Waals surface area contributed by atoms with Gasteiger partial charge in [-0.2, -0.15) is 4.98 Å². The molecule has 2 aliphatic carbocycles. The number of hydrogen-bond acceptors (Lipinski definition) is 6. The molecule has 6 rings (SSSR count). The van der Waals surface area contributed by atoms with Gasteiger partial charge < -0.3 is 9.84 Å². The summed E-state index contributed by atoms with van der Waals surface area (Å²) in [5.74, 6) is 1.69. The van der Waals surface area contributed by atoms with E-state index in [0.29, 0.717) is 41.0 Å². The molecule has 3 aliphatic rings. The van der Waals surface area contributed by atoms with Crippen molar-refractivity contribution in [2.45, 2.75) is 70.3 Å². The molecule has 4 bridgehead atoms. The van der Waals surface area contributed by atoms with Crippen molar-refractivity contribution >= 4 is 16.0 Å². The van der Waals surface area contributed by atoms with Crippen molar-refractivity contribution in [3.05, 3.63) is 65.2 Å². The van der Waals surface area contributed by atoms with Gasteiger partial charge in [-0.1, -0.05) is 44.2 Å². The number of ether oxygens (including phenoxy) is 1. The molecule has 8 heteroatoms.